The molecule has 2 rings (SSSR count). The molecule has 0 saturated heterocycles. The summed E-state index contributed by atoms with van der Waals surface area (Å²) in [6.45, 7) is 0. The third-order valence-corrected chi connectivity index (χ3v) is 3.19. The lowest BCUT2D eigenvalue weighted by molar-refractivity contribution is -0.141. The first kappa shape index (κ1) is 15.4. The van der Waals surface area contributed by atoms with Gasteiger partial charge >= 0.3 is 6.18 Å². The molecule has 0 aliphatic heterocycles. The number of alkyl halides is 3. The Hall–Kier alpha value is -1.04. The highest BCUT2D eigenvalue weighted by Gasteiger charge is 2.33. The molecule has 1 nitrogen and oxygen atoms in total. The number of pyridine rings is 1. The second kappa shape index (κ2) is 5.39. The summed E-state index contributed by atoms with van der Waals surface area (Å²) in [6.07, 6.45) is -4.70. The molecule has 20 heavy (non-hydrogen) atoms. The van der Waals surface area contributed by atoms with Crippen LogP contribution in [0.2, 0.25) is 15.1 Å². The largest absolute Gasteiger partial charge is 0.433 e. The molecule has 0 N–H and O–H groups in total. The van der Waals surface area contributed by atoms with E-state index in [4.69, 9.17) is 34.8 Å². The van der Waals surface area contributed by atoms with Crippen LogP contribution in [0.4, 0.5) is 17.6 Å². The quantitative estimate of drug-likeness (QED) is 0.590. The van der Waals surface area contributed by atoms with Crippen molar-refractivity contribution >= 4 is 34.8 Å². The second-order valence-corrected chi connectivity index (χ2v) is 5.02. The van der Waals surface area contributed by atoms with Crippen LogP contribution < -0.4 is 0 Å². The molecule has 1 aromatic carbocycles. The zero-order chi connectivity index (χ0) is 15.1. The Kier molecular flexibility index (Phi) is 4.14. The van der Waals surface area contributed by atoms with Crippen molar-refractivity contribution in [2.24, 2.45) is 0 Å². The fraction of sp³-hybridized carbons (Fsp3) is 0.0833. The summed E-state index contributed by atoms with van der Waals surface area (Å²) in [7, 11) is 0. The number of benzene rings is 1. The average molecular weight is 345 g/mol. The molecule has 1 heterocycles. The molecule has 106 valence electrons. The van der Waals surface area contributed by atoms with Gasteiger partial charge in [-0.05, 0) is 24.3 Å². The molecule has 0 aliphatic rings. The molecular formula is C12H4Cl3F4N. The summed E-state index contributed by atoms with van der Waals surface area (Å²) < 4.78 is 51.5. The molecule has 0 amide bonds. The summed E-state index contributed by atoms with van der Waals surface area (Å²) in [5.41, 5.74) is -1.95. The second-order valence-electron chi connectivity index (χ2n) is 3.77. The van der Waals surface area contributed by atoms with Crippen LogP contribution in [-0.4, -0.2) is 4.98 Å². The van der Waals surface area contributed by atoms with Crippen LogP contribution in [0.3, 0.4) is 0 Å². The van der Waals surface area contributed by atoms with Crippen LogP contribution in [0, 0.1) is 5.82 Å². The van der Waals surface area contributed by atoms with Gasteiger partial charge in [0.25, 0.3) is 0 Å². The van der Waals surface area contributed by atoms with E-state index in [9.17, 15) is 17.6 Å². The minimum absolute atomic E-state index is 0.0896. The van der Waals surface area contributed by atoms with Gasteiger partial charge in [-0.15, -0.1) is 0 Å². The highest BCUT2D eigenvalue weighted by atomic mass is 35.5. The van der Waals surface area contributed by atoms with E-state index < -0.39 is 23.4 Å². The Morgan fingerprint density at radius 2 is 1.50 bits per heavy atom. The third-order valence-electron chi connectivity index (χ3n) is 2.38. The lowest BCUT2D eigenvalue weighted by atomic mass is 10.1. The maximum atomic E-state index is 13.7. The Morgan fingerprint density at radius 3 is 2.00 bits per heavy atom. The van der Waals surface area contributed by atoms with Gasteiger partial charge in [0, 0.05) is 10.6 Å². The number of hydrogen-bond acceptors (Lipinski definition) is 1. The van der Waals surface area contributed by atoms with Crippen molar-refractivity contribution < 1.29 is 17.6 Å². The van der Waals surface area contributed by atoms with Gasteiger partial charge in [-0.2, -0.15) is 13.2 Å². The van der Waals surface area contributed by atoms with Gasteiger partial charge in [-0.1, -0.05) is 34.8 Å². The van der Waals surface area contributed by atoms with Crippen molar-refractivity contribution in [2.45, 2.75) is 6.18 Å². The molecule has 0 unspecified atom stereocenters. The summed E-state index contributed by atoms with van der Waals surface area (Å²) >= 11 is 17.4. The van der Waals surface area contributed by atoms with Crippen LogP contribution in [-0.2, 0) is 6.18 Å². The normalized spacial score (nSPS) is 11.8. The van der Waals surface area contributed by atoms with E-state index in [1.807, 2.05) is 0 Å². The van der Waals surface area contributed by atoms with Crippen LogP contribution in [0.15, 0.2) is 24.3 Å². The minimum atomic E-state index is -4.70. The van der Waals surface area contributed by atoms with Gasteiger partial charge in [0.2, 0.25) is 0 Å². The van der Waals surface area contributed by atoms with Gasteiger partial charge in [0.15, 0.2) is 0 Å². The van der Waals surface area contributed by atoms with E-state index in [0.717, 1.165) is 0 Å². The number of hydrogen-bond donors (Lipinski definition) is 0. The van der Waals surface area contributed by atoms with E-state index in [1.165, 1.54) is 12.1 Å². The zero-order valence-electron chi connectivity index (χ0n) is 9.40. The fourth-order valence-corrected chi connectivity index (χ4v) is 2.54. The molecule has 0 fully saturated rings. The van der Waals surface area contributed by atoms with Gasteiger partial charge in [0.1, 0.15) is 17.2 Å². The number of nitrogens with zero attached hydrogens (tertiary/aromatic N) is 1. The molecule has 8 heteroatoms. The number of aromatic nitrogens is 1. The molecule has 0 aliphatic carbocycles. The van der Waals surface area contributed by atoms with Crippen molar-refractivity contribution in [1.29, 1.82) is 0 Å². The topological polar surface area (TPSA) is 12.9 Å². The molecule has 1 aromatic heterocycles. The van der Waals surface area contributed by atoms with Gasteiger partial charge in [-0.25, -0.2) is 9.37 Å². The third kappa shape index (κ3) is 3.00. The summed E-state index contributed by atoms with van der Waals surface area (Å²) in [5, 5.41) is -0.00224. The standard InChI is InChI=1S/C12H4Cl3F4N/c13-5-3-6(14)10(7(15)4-5)11-8(16)1-2-9(20-11)12(17,18)19/h1-4H. The van der Waals surface area contributed by atoms with Crippen LogP contribution in [0.1, 0.15) is 5.69 Å². The predicted molar refractivity (Wildman–Crippen MR) is 69.7 cm³/mol. The predicted octanol–water partition coefficient (Wildman–Crippen LogP) is 5.87. The molecule has 0 radical (unpaired) electrons. The Bertz CT molecular complexity index is 647. The van der Waals surface area contributed by atoms with Crippen molar-refractivity contribution in [3.63, 3.8) is 0 Å². The van der Waals surface area contributed by atoms with Crippen molar-refractivity contribution in [3.8, 4) is 11.3 Å². The van der Waals surface area contributed by atoms with Crippen LogP contribution >= 0.6 is 34.8 Å². The minimum Gasteiger partial charge on any atom is -0.240 e. The van der Waals surface area contributed by atoms with Gasteiger partial charge in [-0.3, -0.25) is 0 Å². The first-order valence-electron chi connectivity index (χ1n) is 5.09. The first-order valence-corrected chi connectivity index (χ1v) is 6.22. The smallest absolute Gasteiger partial charge is 0.240 e. The van der Waals surface area contributed by atoms with Crippen LogP contribution in [0.25, 0.3) is 11.3 Å². The number of halogens is 7. The van der Waals surface area contributed by atoms with Crippen molar-refractivity contribution in [3.05, 3.63) is 50.8 Å². The molecule has 0 atom stereocenters. The molecule has 0 bridgehead atoms. The van der Waals surface area contributed by atoms with Crippen molar-refractivity contribution in [2.75, 3.05) is 0 Å². The highest BCUT2D eigenvalue weighted by Crippen LogP contribution is 2.38. The van der Waals surface area contributed by atoms with E-state index in [0.29, 0.717) is 12.1 Å². The maximum Gasteiger partial charge on any atom is 0.433 e. The fourth-order valence-electron chi connectivity index (χ4n) is 1.54. The van der Waals surface area contributed by atoms with E-state index in [1.54, 1.807) is 0 Å². The summed E-state index contributed by atoms with van der Waals surface area (Å²) in [5.74, 6) is -0.968. The SMILES string of the molecule is Fc1ccc(C(F)(F)F)nc1-c1c(Cl)cc(Cl)cc1Cl. The van der Waals surface area contributed by atoms with E-state index in [2.05, 4.69) is 4.98 Å². The molecule has 0 spiro atoms. The summed E-state index contributed by atoms with van der Waals surface area (Å²) in [4.78, 5) is 3.25. The average Bonchev–Trinajstić information content (AvgIpc) is 2.28. The van der Waals surface area contributed by atoms with Gasteiger partial charge in [0.05, 0.1) is 10.0 Å². The highest BCUT2D eigenvalue weighted by molar-refractivity contribution is 6.41. The Balaban J connectivity index is 2.70. The van der Waals surface area contributed by atoms with Crippen molar-refractivity contribution in [1.82, 2.24) is 4.98 Å². The Morgan fingerprint density at radius 1 is 0.950 bits per heavy atom. The monoisotopic (exact) mass is 343 g/mol. The zero-order valence-corrected chi connectivity index (χ0v) is 11.7. The Labute approximate surface area is 126 Å². The van der Waals surface area contributed by atoms with Gasteiger partial charge < -0.3 is 0 Å². The molecular weight excluding hydrogens is 340 g/mol. The van der Waals surface area contributed by atoms with E-state index in [-0.39, 0.29) is 20.6 Å². The molecule has 2 aromatic rings. The molecule has 0 saturated carbocycles. The van der Waals surface area contributed by atoms with E-state index >= 15 is 0 Å². The lowest BCUT2D eigenvalue weighted by Crippen LogP contribution is -2.09. The van der Waals surface area contributed by atoms with Crippen LogP contribution in [0.5, 0.6) is 0 Å². The summed E-state index contributed by atoms with van der Waals surface area (Å²) in [6, 6.07) is 3.68. The maximum absolute atomic E-state index is 13.7. The first-order chi connectivity index (χ1) is 9.20. The lowest BCUT2D eigenvalue weighted by Gasteiger charge is -2.11. The number of rotatable bonds is 1.